The second-order valence-electron chi connectivity index (χ2n) is 7.46. The zero-order valence-electron chi connectivity index (χ0n) is 13.9. The lowest BCUT2D eigenvalue weighted by atomic mass is 9.49. The van der Waals surface area contributed by atoms with E-state index in [0.29, 0.717) is 11.3 Å². The molecule has 2 nitrogen and oxygen atoms in total. The Morgan fingerprint density at radius 1 is 1.18 bits per heavy atom. The average Bonchev–Trinajstić information content (AvgIpc) is 2.47. The van der Waals surface area contributed by atoms with E-state index in [2.05, 4.69) is 49.2 Å². The fraction of sp³-hybridized carbons (Fsp3) is 0.684. The van der Waals surface area contributed by atoms with Gasteiger partial charge in [-0.05, 0) is 49.6 Å². The Hall–Kier alpha value is -0.570. The molecule has 2 bridgehead atoms. The van der Waals surface area contributed by atoms with Gasteiger partial charge in [0.15, 0.2) is 0 Å². The topological polar surface area (TPSA) is 23.5 Å². The van der Waals surface area contributed by atoms with Gasteiger partial charge >= 0.3 is 0 Å². The molecule has 0 heterocycles. The van der Waals surface area contributed by atoms with Gasteiger partial charge in [-0.25, -0.2) is 0 Å². The highest BCUT2D eigenvalue weighted by molar-refractivity contribution is 5.85. The summed E-state index contributed by atoms with van der Waals surface area (Å²) < 4.78 is 0. The lowest BCUT2D eigenvalue weighted by Gasteiger charge is -2.58. The minimum absolute atomic E-state index is 0. The summed E-state index contributed by atoms with van der Waals surface area (Å²) in [7, 11) is 2.20. The summed E-state index contributed by atoms with van der Waals surface area (Å²) in [6.07, 6.45) is 6.03. The van der Waals surface area contributed by atoms with Gasteiger partial charge in [0.1, 0.15) is 0 Å². The number of aliphatic hydroxyl groups excluding tert-OH is 1. The van der Waals surface area contributed by atoms with E-state index in [9.17, 15) is 5.11 Å². The van der Waals surface area contributed by atoms with Crippen LogP contribution >= 0.6 is 12.4 Å². The molecule has 0 amide bonds. The minimum Gasteiger partial charge on any atom is -0.393 e. The first-order valence-electron chi connectivity index (χ1n) is 8.52. The van der Waals surface area contributed by atoms with Crippen molar-refractivity contribution in [2.24, 2.45) is 17.3 Å². The third-order valence-corrected chi connectivity index (χ3v) is 6.03. The van der Waals surface area contributed by atoms with Crippen LogP contribution in [0.4, 0.5) is 0 Å². The van der Waals surface area contributed by atoms with Crippen LogP contribution in [0.2, 0.25) is 0 Å². The van der Waals surface area contributed by atoms with Crippen LogP contribution in [0.3, 0.4) is 0 Å². The van der Waals surface area contributed by atoms with Crippen LogP contribution in [0.15, 0.2) is 30.3 Å². The maximum atomic E-state index is 10.5. The van der Waals surface area contributed by atoms with Crippen molar-refractivity contribution in [3.8, 4) is 0 Å². The Morgan fingerprint density at radius 2 is 1.86 bits per heavy atom. The maximum Gasteiger partial charge on any atom is 0.0588 e. The molecule has 0 saturated heterocycles. The van der Waals surface area contributed by atoms with Crippen molar-refractivity contribution < 1.29 is 5.11 Å². The van der Waals surface area contributed by atoms with Crippen molar-refractivity contribution in [3.05, 3.63) is 35.9 Å². The monoisotopic (exact) mass is 323 g/mol. The number of fused-ring (bicyclic) bond motifs is 2. The van der Waals surface area contributed by atoms with E-state index in [4.69, 9.17) is 0 Å². The second-order valence-corrected chi connectivity index (χ2v) is 7.46. The standard InChI is InChI=1S/C19H29NO.ClH/c1-3-19-11-16(12-19)17(18(21)13-19)14-20(2)10-9-15-7-5-4-6-8-15;/h4-8,16-18,21H,3,9-14H2,1-2H3;1H. The van der Waals surface area contributed by atoms with Crippen LogP contribution in [0, 0.1) is 17.3 Å². The van der Waals surface area contributed by atoms with Gasteiger partial charge in [0.25, 0.3) is 0 Å². The molecule has 3 fully saturated rings. The van der Waals surface area contributed by atoms with Crippen LogP contribution in [0.25, 0.3) is 0 Å². The van der Waals surface area contributed by atoms with Gasteiger partial charge in [0.2, 0.25) is 0 Å². The third-order valence-electron chi connectivity index (χ3n) is 6.03. The molecule has 3 aliphatic carbocycles. The highest BCUT2D eigenvalue weighted by Crippen LogP contribution is 2.59. The number of aliphatic hydroxyl groups is 1. The molecule has 1 N–H and O–H groups in total. The van der Waals surface area contributed by atoms with Crippen LogP contribution in [-0.4, -0.2) is 36.2 Å². The number of likely N-dealkylation sites (N-methyl/N-ethyl adjacent to an activating group) is 1. The summed E-state index contributed by atoms with van der Waals surface area (Å²) in [6.45, 7) is 4.42. The second kappa shape index (κ2) is 7.33. The summed E-state index contributed by atoms with van der Waals surface area (Å²) in [4.78, 5) is 2.41. The van der Waals surface area contributed by atoms with E-state index in [-0.39, 0.29) is 18.5 Å². The van der Waals surface area contributed by atoms with E-state index < -0.39 is 0 Å². The zero-order chi connectivity index (χ0) is 14.9. The van der Waals surface area contributed by atoms with Crippen molar-refractivity contribution in [1.82, 2.24) is 4.90 Å². The van der Waals surface area contributed by atoms with E-state index >= 15 is 0 Å². The Labute approximate surface area is 141 Å². The van der Waals surface area contributed by atoms with Gasteiger partial charge in [-0.3, -0.25) is 0 Å². The molecule has 3 aliphatic rings. The lowest BCUT2D eigenvalue weighted by molar-refractivity contribution is -0.130. The molecule has 1 aromatic carbocycles. The van der Waals surface area contributed by atoms with Crippen molar-refractivity contribution in [2.75, 3.05) is 20.1 Å². The average molecular weight is 324 g/mol. The highest BCUT2D eigenvalue weighted by Gasteiger charge is 2.53. The number of benzene rings is 1. The van der Waals surface area contributed by atoms with Crippen molar-refractivity contribution in [3.63, 3.8) is 0 Å². The van der Waals surface area contributed by atoms with Crippen LogP contribution in [0.5, 0.6) is 0 Å². The molecule has 2 atom stereocenters. The number of nitrogens with zero attached hydrogens (tertiary/aromatic N) is 1. The molecular formula is C19H30ClNO. The van der Waals surface area contributed by atoms with Gasteiger partial charge < -0.3 is 10.0 Å². The predicted octanol–water partition coefficient (Wildman–Crippen LogP) is 3.77. The number of hydrogen-bond acceptors (Lipinski definition) is 2. The molecule has 0 spiro atoms. The number of rotatable bonds is 6. The molecule has 4 rings (SSSR count). The van der Waals surface area contributed by atoms with Crippen LogP contribution < -0.4 is 0 Å². The van der Waals surface area contributed by atoms with E-state index in [1.807, 2.05) is 0 Å². The van der Waals surface area contributed by atoms with Crippen LogP contribution in [0.1, 0.15) is 38.2 Å². The summed E-state index contributed by atoms with van der Waals surface area (Å²) in [5.41, 5.74) is 1.91. The summed E-state index contributed by atoms with van der Waals surface area (Å²) in [6, 6.07) is 10.7. The molecule has 3 heteroatoms. The molecule has 22 heavy (non-hydrogen) atoms. The Balaban J connectivity index is 0.00000176. The number of hydrogen-bond donors (Lipinski definition) is 1. The summed E-state index contributed by atoms with van der Waals surface area (Å²) >= 11 is 0. The Bertz CT molecular complexity index is 456. The SMILES string of the molecule is CCC12CC(O)C(CN(C)CCc3ccccc3)C(C1)C2.Cl. The molecule has 2 unspecified atom stereocenters. The first kappa shape index (κ1) is 17.8. The first-order chi connectivity index (χ1) is 10.1. The van der Waals surface area contributed by atoms with Gasteiger partial charge in [-0.15, -0.1) is 12.4 Å². The predicted molar refractivity (Wildman–Crippen MR) is 94.5 cm³/mol. The molecule has 3 saturated carbocycles. The van der Waals surface area contributed by atoms with Gasteiger partial charge in [-0.1, -0.05) is 43.7 Å². The zero-order valence-corrected chi connectivity index (χ0v) is 14.7. The van der Waals surface area contributed by atoms with Crippen molar-refractivity contribution >= 4 is 12.4 Å². The molecule has 0 aromatic heterocycles. The van der Waals surface area contributed by atoms with Crippen LogP contribution in [-0.2, 0) is 6.42 Å². The van der Waals surface area contributed by atoms with E-state index in [0.717, 1.165) is 31.8 Å². The fourth-order valence-corrected chi connectivity index (χ4v) is 4.55. The van der Waals surface area contributed by atoms with Gasteiger partial charge in [0, 0.05) is 19.0 Å². The van der Waals surface area contributed by atoms with Gasteiger partial charge in [0.05, 0.1) is 6.10 Å². The summed E-state index contributed by atoms with van der Waals surface area (Å²) in [5, 5.41) is 10.5. The van der Waals surface area contributed by atoms with Crippen molar-refractivity contribution in [1.29, 1.82) is 0 Å². The largest absolute Gasteiger partial charge is 0.393 e. The molecule has 0 aliphatic heterocycles. The van der Waals surface area contributed by atoms with E-state index in [1.54, 1.807) is 0 Å². The highest BCUT2D eigenvalue weighted by atomic mass is 35.5. The number of halogens is 1. The first-order valence-corrected chi connectivity index (χ1v) is 8.52. The summed E-state index contributed by atoms with van der Waals surface area (Å²) in [5.74, 6) is 1.27. The smallest absolute Gasteiger partial charge is 0.0588 e. The Kier molecular flexibility index (Phi) is 5.93. The maximum absolute atomic E-state index is 10.5. The lowest BCUT2D eigenvalue weighted by Crippen LogP contribution is -2.55. The molecule has 124 valence electrons. The van der Waals surface area contributed by atoms with Gasteiger partial charge in [-0.2, -0.15) is 0 Å². The molecule has 1 aromatic rings. The minimum atomic E-state index is -0.0726. The van der Waals surface area contributed by atoms with Crippen molar-refractivity contribution in [2.45, 2.75) is 45.1 Å². The van der Waals surface area contributed by atoms with E-state index in [1.165, 1.54) is 24.8 Å². The molecule has 0 radical (unpaired) electrons. The molecular weight excluding hydrogens is 294 g/mol. The normalized spacial score (nSPS) is 33.2. The third kappa shape index (κ3) is 3.67. The fourth-order valence-electron chi connectivity index (χ4n) is 4.55. The Morgan fingerprint density at radius 3 is 2.45 bits per heavy atom. The quantitative estimate of drug-likeness (QED) is 0.861.